The van der Waals surface area contributed by atoms with Crippen LogP contribution in [0.1, 0.15) is 48.9 Å². The number of aliphatic hydroxyl groups is 1. The molecule has 1 amide bonds. The quantitative estimate of drug-likeness (QED) is 0.548. The molecule has 4 aliphatic rings. The maximum atomic E-state index is 13.1. The highest BCUT2D eigenvalue weighted by atomic mass is 19.1. The fourth-order valence-electron chi connectivity index (χ4n) is 7.23. The number of halogens is 1. The molecule has 2 N–H and O–H groups in total. The number of para-hydroxylation sites is 1. The number of hydrogen-bond donors (Lipinski definition) is 2. The summed E-state index contributed by atoms with van der Waals surface area (Å²) in [5.74, 6) is 2.49. The second-order valence-corrected chi connectivity index (χ2v) is 11.0. The summed E-state index contributed by atoms with van der Waals surface area (Å²) in [7, 11) is 2.10. The summed E-state index contributed by atoms with van der Waals surface area (Å²) < 4.78 is 19.0. The number of anilines is 1. The number of likely N-dealkylation sites (N-methyl/N-ethyl adjacent to an activating group) is 1. The lowest BCUT2D eigenvalue weighted by molar-refractivity contribution is -0.0702. The summed E-state index contributed by atoms with van der Waals surface area (Å²) >= 11 is 0. The fraction of sp³-hybridized carbons (Fsp3) is 0.536. The summed E-state index contributed by atoms with van der Waals surface area (Å²) in [6.07, 6.45) is 7.73. The van der Waals surface area contributed by atoms with Crippen LogP contribution in [-0.4, -0.2) is 48.8 Å². The minimum absolute atomic E-state index is 0.117. The molecule has 0 radical (unpaired) electrons. The monoisotopic (exact) mass is 466 g/mol. The Labute approximate surface area is 201 Å². The van der Waals surface area contributed by atoms with Gasteiger partial charge in [-0.3, -0.25) is 4.79 Å². The van der Waals surface area contributed by atoms with Gasteiger partial charge in [0.05, 0.1) is 5.56 Å². The van der Waals surface area contributed by atoms with Crippen LogP contribution in [0.3, 0.4) is 0 Å². The third kappa shape index (κ3) is 5.28. The Kier molecular flexibility index (Phi) is 6.63. The van der Waals surface area contributed by atoms with Gasteiger partial charge in [-0.05, 0) is 105 Å². The molecule has 0 aliphatic heterocycles. The molecule has 0 heterocycles. The van der Waals surface area contributed by atoms with Crippen molar-refractivity contribution in [1.82, 2.24) is 4.90 Å². The highest BCUT2D eigenvalue weighted by Crippen LogP contribution is 2.60. The summed E-state index contributed by atoms with van der Waals surface area (Å²) in [5, 5.41) is 13.4. The second-order valence-electron chi connectivity index (χ2n) is 11.0. The van der Waals surface area contributed by atoms with E-state index < -0.39 is 6.10 Å². The Balaban J connectivity index is 1.14. The van der Waals surface area contributed by atoms with E-state index in [-0.39, 0.29) is 18.3 Å². The Hall–Kier alpha value is -2.44. The molecule has 6 heteroatoms. The number of nitrogens with zero attached hydrogens (tertiary/aromatic N) is 1. The lowest BCUT2D eigenvalue weighted by atomic mass is 9.49. The van der Waals surface area contributed by atoms with Crippen molar-refractivity contribution in [2.75, 3.05) is 32.1 Å². The number of hydrogen-bond acceptors (Lipinski definition) is 4. The number of benzene rings is 2. The molecule has 182 valence electrons. The molecule has 34 heavy (non-hydrogen) atoms. The standard InChI is InChI=1S/C28H35FN2O3/c1-31(18-28-13-19-10-20(14-28)12-21(11-19)15-28)16-24(32)17-34-26-5-3-2-4-25(26)27(33)30-23-8-6-22(29)7-9-23/h2-9,19-21,24,32H,10-18H2,1H3,(H,30,33). The third-order valence-corrected chi connectivity index (χ3v) is 7.96. The Morgan fingerprint density at radius 3 is 2.35 bits per heavy atom. The number of carbonyl (C=O) groups is 1. The van der Waals surface area contributed by atoms with Gasteiger partial charge < -0.3 is 20.1 Å². The Morgan fingerprint density at radius 1 is 1.09 bits per heavy atom. The largest absolute Gasteiger partial charge is 0.490 e. The molecule has 0 spiro atoms. The molecule has 1 unspecified atom stereocenters. The van der Waals surface area contributed by atoms with Gasteiger partial charge in [-0.15, -0.1) is 0 Å². The first kappa shape index (κ1) is 23.3. The summed E-state index contributed by atoms with van der Waals surface area (Å²) in [6, 6.07) is 12.6. The van der Waals surface area contributed by atoms with Crippen LogP contribution < -0.4 is 10.1 Å². The molecule has 2 aromatic rings. The summed E-state index contributed by atoms with van der Waals surface area (Å²) in [6.45, 7) is 1.71. The van der Waals surface area contributed by atoms with Crippen LogP contribution >= 0.6 is 0 Å². The van der Waals surface area contributed by atoms with Gasteiger partial charge in [0.15, 0.2) is 0 Å². The van der Waals surface area contributed by atoms with Gasteiger partial charge in [0.25, 0.3) is 5.91 Å². The van der Waals surface area contributed by atoms with Crippen LogP contribution in [-0.2, 0) is 0 Å². The van der Waals surface area contributed by atoms with Gasteiger partial charge in [-0.1, -0.05) is 12.1 Å². The van der Waals surface area contributed by atoms with Crippen LogP contribution in [0.4, 0.5) is 10.1 Å². The molecular weight excluding hydrogens is 431 g/mol. The van der Waals surface area contributed by atoms with Gasteiger partial charge in [0, 0.05) is 18.8 Å². The number of aliphatic hydroxyl groups excluding tert-OH is 1. The predicted octanol–water partition coefficient (Wildman–Crippen LogP) is 4.97. The van der Waals surface area contributed by atoms with Crippen molar-refractivity contribution in [3.63, 3.8) is 0 Å². The minimum Gasteiger partial charge on any atom is -0.490 e. The molecule has 4 aliphatic carbocycles. The van der Waals surface area contributed by atoms with Gasteiger partial charge >= 0.3 is 0 Å². The third-order valence-electron chi connectivity index (χ3n) is 7.96. The van der Waals surface area contributed by atoms with Crippen molar-refractivity contribution in [2.24, 2.45) is 23.2 Å². The molecule has 0 saturated heterocycles. The molecule has 2 aromatic carbocycles. The SMILES string of the molecule is CN(CC(O)COc1ccccc1C(=O)Nc1ccc(F)cc1)CC12CC3CC(CC(C3)C1)C2. The lowest BCUT2D eigenvalue weighted by Crippen LogP contribution is -2.51. The van der Waals surface area contributed by atoms with Gasteiger partial charge in [-0.25, -0.2) is 4.39 Å². The van der Waals surface area contributed by atoms with Gasteiger partial charge in [0.2, 0.25) is 0 Å². The van der Waals surface area contributed by atoms with Crippen molar-refractivity contribution in [3.05, 3.63) is 59.9 Å². The number of carbonyl (C=O) groups excluding carboxylic acids is 1. The van der Waals surface area contributed by atoms with Crippen molar-refractivity contribution in [2.45, 2.75) is 44.6 Å². The second kappa shape index (κ2) is 9.67. The molecule has 1 atom stereocenters. The number of rotatable bonds is 9. The zero-order valence-corrected chi connectivity index (χ0v) is 19.9. The average molecular weight is 467 g/mol. The Bertz CT molecular complexity index is 974. The van der Waals surface area contributed by atoms with E-state index in [4.69, 9.17) is 4.74 Å². The van der Waals surface area contributed by atoms with E-state index in [1.54, 1.807) is 24.3 Å². The fourth-order valence-corrected chi connectivity index (χ4v) is 7.23. The number of nitrogens with one attached hydrogen (secondary N) is 1. The molecule has 4 saturated carbocycles. The topological polar surface area (TPSA) is 61.8 Å². The smallest absolute Gasteiger partial charge is 0.259 e. The minimum atomic E-state index is -0.646. The lowest BCUT2D eigenvalue weighted by Gasteiger charge is -2.57. The first-order valence-electron chi connectivity index (χ1n) is 12.5. The van der Waals surface area contributed by atoms with Crippen molar-refractivity contribution in [3.8, 4) is 5.75 Å². The van der Waals surface area contributed by atoms with Crippen LogP contribution in [0, 0.1) is 29.0 Å². The van der Waals surface area contributed by atoms with E-state index in [1.807, 2.05) is 0 Å². The van der Waals surface area contributed by atoms with E-state index in [1.165, 1.54) is 62.8 Å². The van der Waals surface area contributed by atoms with E-state index in [9.17, 15) is 14.3 Å². The van der Waals surface area contributed by atoms with Gasteiger partial charge in [-0.2, -0.15) is 0 Å². The van der Waals surface area contributed by atoms with E-state index in [2.05, 4.69) is 17.3 Å². The summed E-state index contributed by atoms with van der Waals surface area (Å²) in [5.41, 5.74) is 1.32. The molecule has 4 bridgehead atoms. The van der Waals surface area contributed by atoms with Crippen LogP contribution in [0.2, 0.25) is 0 Å². The van der Waals surface area contributed by atoms with E-state index >= 15 is 0 Å². The van der Waals surface area contributed by atoms with Gasteiger partial charge in [0.1, 0.15) is 24.3 Å². The number of ether oxygens (including phenoxy) is 1. The first-order chi connectivity index (χ1) is 16.4. The molecular formula is C28H35FN2O3. The highest BCUT2D eigenvalue weighted by molar-refractivity contribution is 6.06. The van der Waals surface area contributed by atoms with Crippen LogP contribution in [0.15, 0.2) is 48.5 Å². The molecule has 0 aromatic heterocycles. The normalized spacial score (nSPS) is 28.2. The van der Waals surface area contributed by atoms with E-state index in [0.29, 0.717) is 29.0 Å². The van der Waals surface area contributed by atoms with Crippen LogP contribution in [0.25, 0.3) is 0 Å². The molecule has 5 nitrogen and oxygen atoms in total. The summed E-state index contributed by atoms with van der Waals surface area (Å²) in [4.78, 5) is 15.0. The zero-order chi connectivity index (χ0) is 23.7. The molecule has 6 rings (SSSR count). The maximum absolute atomic E-state index is 13.1. The van der Waals surface area contributed by atoms with E-state index in [0.717, 1.165) is 24.3 Å². The molecule has 4 fully saturated rings. The maximum Gasteiger partial charge on any atom is 0.259 e. The highest BCUT2D eigenvalue weighted by Gasteiger charge is 2.51. The van der Waals surface area contributed by atoms with Crippen molar-refractivity contribution in [1.29, 1.82) is 0 Å². The Morgan fingerprint density at radius 2 is 1.71 bits per heavy atom. The van der Waals surface area contributed by atoms with Crippen molar-refractivity contribution < 1.29 is 19.0 Å². The predicted molar refractivity (Wildman–Crippen MR) is 130 cm³/mol. The first-order valence-corrected chi connectivity index (χ1v) is 12.5. The van der Waals surface area contributed by atoms with Crippen molar-refractivity contribution >= 4 is 11.6 Å². The number of amides is 1. The zero-order valence-electron chi connectivity index (χ0n) is 19.9. The average Bonchev–Trinajstić information content (AvgIpc) is 2.78. The van der Waals surface area contributed by atoms with Crippen LogP contribution in [0.5, 0.6) is 5.75 Å².